The Kier molecular flexibility index (Phi) is 7.01. The summed E-state index contributed by atoms with van der Waals surface area (Å²) in [6.45, 7) is 1.91. The average molecular weight is 341 g/mol. The topological polar surface area (TPSA) is 64.6 Å². The lowest BCUT2D eigenvalue weighted by atomic mass is 10.1. The summed E-state index contributed by atoms with van der Waals surface area (Å²) in [7, 11) is 1.30. The van der Waals surface area contributed by atoms with E-state index in [4.69, 9.17) is 9.47 Å². The fourth-order valence-electron chi connectivity index (χ4n) is 2.39. The van der Waals surface area contributed by atoms with Crippen LogP contribution in [-0.2, 0) is 27.2 Å². The van der Waals surface area contributed by atoms with Crippen molar-refractivity contribution in [3.63, 3.8) is 0 Å². The van der Waals surface area contributed by atoms with Crippen molar-refractivity contribution in [3.8, 4) is 5.75 Å². The summed E-state index contributed by atoms with van der Waals surface area (Å²) >= 11 is 0. The number of carbonyl (C=O) groups excluding carboxylic acids is 2. The highest BCUT2D eigenvalue weighted by molar-refractivity contribution is 5.85. The molecule has 0 bridgehead atoms. The highest BCUT2D eigenvalue weighted by Crippen LogP contribution is 2.12. The molecule has 1 atom stereocenters. The Bertz CT molecular complexity index is 683. The molecule has 132 valence electrons. The third-order valence-corrected chi connectivity index (χ3v) is 3.81. The molecule has 2 rings (SSSR count). The molecule has 1 amide bonds. The average Bonchev–Trinajstić information content (AvgIpc) is 2.66. The van der Waals surface area contributed by atoms with Crippen molar-refractivity contribution >= 4 is 11.9 Å². The number of aryl methyl sites for hydroxylation is 1. The van der Waals surface area contributed by atoms with E-state index in [-0.39, 0.29) is 12.5 Å². The lowest BCUT2D eigenvalue weighted by Crippen LogP contribution is -2.44. The monoisotopic (exact) mass is 341 g/mol. The summed E-state index contributed by atoms with van der Waals surface area (Å²) < 4.78 is 10.2. The number of nitrogens with one attached hydrogen (secondary N) is 1. The molecular formula is C20H23NO4. The lowest BCUT2D eigenvalue weighted by Gasteiger charge is -2.17. The number of amides is 1. The Morgan fingerprint density at radius 2 is 1.68 bits per heavy atom. The molecule has 5 nitrogen and oxygen atoms in total. The van der Waals surface area contributed by atoms with Gasteiger partial charge in [0.2, 0.25) is 0 Å². The number of benzene rings is 2. The zero-order valence-electron chi connectivity index (χ0n) is 14.5. The summed E-state index contributed by atoms with van der Waals surface area (Å²) in [5, 5.41) is 2.67. The number of ether oxygens (including phenoxy) is 2. The van der Waals surface area contributed by atoms with Crippen LogP contribution in [0.4, 0.5) is 0 Å². The molecule has 0 radical (unpaired) electrons. The van der Waals surface area contributed by atoms with Gasteiger partial charge in [-0.25, -0.2) is 4.79 Å². The highest BCUT2D eigenvalue weighted by Gasteiger charge is 2.22. The van der Waals surface area contributed by atoms with E-state index in [0.29, 0.717) is 12.2 Å². The molecule has 0 aliphatic carbocycles. The minimum absolute atomic E-state index is 0.159. The predicted octanol–water partition coefficient (Wildman–Crippen LogP) is 2.53. The minimum Gasteiger partial charge on any atom is -0.484 e. The summed E-state index contributed by atoms with van der Waals surface area (Å²) in [6, 6.07) is 16.3. The first kappa shape index (κ1) is 18.5. The van der Waals surface area contributed by atoms with Gasteiger partial charge in [-0.1, -0.05) is 49.4 Å². The first-order chi connectivity index (χ1) is 12.1. The molecule has 1 unspecified atom stereocenters. The van der Waals surface area contributed by atoms with Crippen LogP contribution in [0.25, 0.3) is 0 Å². The molecule has 0 fully saturated rings. The second kappa shape index (κ2) is 9.47. The van der Waals surface area contributed by atoms with Gasteiger partial charge in [-0.05, 0) is 29.7 Å². The molecule has 2 aromatic carbocycles. The molecule has 0 saturated carbocycles. The summed E-state index contributed by atoms with van der Waals surface area (Å²) in [6.07, 6.45) is 1.31. The van der Waals surface area contributed by atoms with Crippen LogP contribution < -0.4 is 10.1 Å². The molecule has 0 aromatic heterocycles. The van der Waals surface area contributed by atoms with Crippen LogP contribution in [0.2, 0.25) is 0 Å². The second-order valence-corrected chi connectivity index (χ2v) is 5.62. The van der Waals surface area contributed by atoms with Crippen molar-refractivity contribution in [2.24, 2.45) is 0 Å². The molecule has 2 aromatic rings. The van der Waals surface area contributed by atoms with E-state index in [2.05, 4.69) is 12.2 Å². The van der Waals surface area contributed by atoms with Gasteiger partial charge < -0.3 is 14.8 Å². The summed E-state index contributed by atoms with van der Waals surface area (Å²) in [4.78, 5) is 24.0. The zero-order chi connectivity index (χ0) is 18.1. The van der Waals surface area contributed by atoms with Crippen LogP contribution >= 0.6 is 0 Å². The fourth-order valence-corrected chi connectivity index (χ4v) is 2.39. The number of hydrogen-bond donors (Lipinski definition) is 1. The number of carbonyl (C=O) groups is 2. The van der Waals surface area contributed by atoms with E-state index in [1.54, 1.807) is 0 Å². The Morgan fingerprint density at radius 3 is 2.28 bits per heavy atom. The smallest absolute Gasteiger partial charge is 0.328 e. The summed E-state index contributed by atoms with van der Waals surface area (Å²) in [5.41, 5.74) is 2.14. The molecule has 0 aliphatic heterocycles. The van der Waals surface area contributed by atoms with Gasteiger partial charge in [-0.3, -0.25) is 4.79 Å². The summed E-state index contributed by atoms with van der Waals surface area (Å²) in [5.74, 6) is -0.236. The maximum atomic E-state index is 12.1. The van der Waals surface area contributed by atoms with Crippen molar-refractivity contribution in [3.05, 3.63) is 65.7 Å². The lowest BCUT2D eigenvalue weighted by molar-refractivity contribution is -0.145. The predicted molar refractivity (Wildman–Crippen MR) is 95.4 cm³/mol. The minimum atomic E-state index is -0.744. The third kappa shape index (κ3) is 5.95. The van der Waals surface area contributed by atoms with Gasteiger partial charge in [0.1, 0.15) is 11.8 Å². The quantitative estimate of drug-likeness (QED) is 0.750. The van der Waals surface area contributed by atoms with Crippen LogP contribution in [0.15, 0.2) is 54.6 Å². The largest absolute Gasteiger partial charge is 0.484 e. The number of hydrogen-bond acceptors (Lipinski definition) is 4. The molecule has 1 N–H and O–H groups in total. The molecule has 0 spiro atoms. The Balaban J connectivity index is 1.90. The normalized spacial score (nSPS) is 11.4. The van der Waals surface area contributed by atoms with E-state index < -0.39 is 12.0 Å². The van der Waals surface area contributed by atoms with Gasteiger partial charge >= 0.3 is 5.97 Å². The highest BCUT2D eigenvalue weighted by atomic mass is 16.5. The number of methoxy groups -OCH3 is 1. The molecule has 0 heterocycles. The zero-order valence-corrected chi connectivity index (χ0v) is 14.5. The fraction of sp³-hybridized carbons (Fsp3) is 0.300. The first-order valence-corrected chi connectivity index (χ1v) is 8.25. The van der Waals surface area contributed by atoms with Gasteiger partial charge in [0.15, 0.2) is 6.61 Å². The van der Waals surface area contributed by atoms with E-state index in [0.717, 1.165) is 12.0 Å². The third-order valence-electron chi connectivity index (χ3n) is 3.81. The number of esters is 1. The van der Waals surface area contributed by atoms with E-state index in [1.807, 2.05) is 54.6 Å². The van der Waals surface area contributed by atoms with Crippen molar-refractivity contribution < 1.29 is 19.1 Å². The van der Waals surface area contributed by atoms with E-state index in [1.165, 1.54) is 12.7 Å². The maximum absolute atomic E-state index is 12.1. The standard InChI is InChI=1S/C20H23NO4/c1-3-15-9-11-17(12-10-15)25-14-19(22)21-18(20(23)24-2)13-16-7-5-4-6-8-16/h4-12,18H,3,13-14H2,1-2H3,(H,21,22). The number of rotatable bonds is 8. The van der Waals surface area contributed by atoms with Gasteiger partial charge in [0.05, 0.1) is 7.11 Å². The van der Waals surface area contributed by atoms with Crippen LogP contribution in [0, 0.1) is 0 Å². The Morgan fingerprint density at radius 1 is 1.00 bits per heavy atom. The molecule has 0 aliphatic rings. The first-order valence-electron chi connectivity index (χ1n) is 8.25. The molecule has 25 heavy (non-hydrogen) atoms. The van der Waals surface area contributed by atoms with Crippen LogP contribution in [-0.4, -0.2) is 31.6 Å². The van der Waals surface area contributed by atoms with Crippen molar-refractivity contribution in [2.45, 2.75) is 25.8 Å². The maximum Gasteiger partial charge on any atom is 0.328 e. The van der Waals surface area contributed by atoms with Crippen molar-refractivity contribution in [1.29, 1.82) is 0 Å². The molecule has 5 heteroatoms. The molecular weight excluding hydrogens is 318 g/mol. The SMILES string of the molecule is CCc1ccc(OCC(=O)NC(Cc2ccccc2)C(=O)OC)cc1. The van der Waals surface area contributed by atoms with Crippen LogP contribution in [0.5, 0.6) is 5.75 Å². The molecule has 0 saturated heterocycles. The Labute approximate surface area is 148 Å². The van der Waals surface area contributed by atoms with Gasteiger partial charge in [-0.15, -0.1) is 0 Å². The van der Waals surface area contributed by atoms with E-state index in [9.17, 15) is 9.59 Å². The van der Waals surface area contributed by atoms with Crippen molar-refractivity contribution in [2.75, 3.05) is 13.7 Å². The van der Waals surface area contributed by atoms with Gasteiger partial charge in [0.25, 0.3) is 5.91 Å². The van der Waals surface area contributed by atoms with E-state index >= 15 is 0 Å². The van der Waals surface area contributed by atoms with Gasteiger partial charge in [-0.2, -0.15) is 0 Å². The van der Waals surface area contributed by atoms with Gasteiger partial charge in [0, 0.05) is 6.42 Å². The Hall–Kier alpha value is -2.82. The second-order valence-electron chi connectivity index (χ2n) is 5.62. The van der Waals surface area contributed by atoms with Crippen LogP contribution in [0.1, 0.15) is 18.1 Å². The van der Waals surface area contributed by atoms with Crippen LogP contribution in [0.3, 0.4) is 0 Å². The van der Waals surface area contributed by atoms with Crippen molar-refractivity contribution in [1.82, 2.24) is 5.32 Å².